The second-order valence-corrected chi connectivity index (χ2v) is 6.60. The van der Waals surface area contributed by atoms with Crippen LogP contribution in [0, 0.1) is 0 Å². The van der Waals surface area contributed by atoms with Crippen LogP contribution in [-0.4, -0.2) is 26.5 Å². The Kier molecular flexibility index (Phi) is 5.04. The van der Waals surface area contributed by atoms with Crippen molar-refractivity contribution in [1.82, 2.24) is 15.0 Å². The fourth-order valence-electron chi connectivity index (χ4n) is 2.10. The van der Waals surface area contributed by atoms with Crippen molar-refractivity contribution in [1.29, 1.82) is 0 Å². The molecule has 0 unspecified atom stereocenters. The van der Waals surface area contributed by atoms with Gasteiger partial charge < -0.3 is 0 Å². The van der Waals surface area contributed by atoms with Gasteiger partial charge in [-0.05, 0) is 20.8 Å². The Labute approximate surface area is 151 Å². The summed E-state index contributed by atoms with van der Waals surface area (Å²) in [5.74, 6) is -0.0945. The lowest BCUT2D eigenvalue weighted by molar-refractivity contribution is -0.301. The molecule has 0 N–H and O–H groups in total. The molecule has 0 bridgehead atoms. The third-order valence-corrected chi connectivity index (χ3v) is 3.25. The number of aromatic nitrogens is 3. The molecule has 3 rings (SSSR count). The highest BCUT2D eigenvalue weighted by molar-refractivity contribution is 5.85. The van der Waals surface area contributed by atoms with Gasteiger partial charge in [-0.3, -0.25) is 4.89 Å². The van der Waals surface area contributed by atoms with E-state index in [2.05, 4.69) is 15.0 Å². The van der Waals surface area contributed by atoms with Crippen LogP contribution >= 0.6 is 0 Å². The molecule has 26 heavy (non-hydrogen) atoms. The first-order valence-corrected chi connectivity index (χ1v) is 8.19. The van der Waals surface area contributed by atoms with Gasteiger partial charge >= 0.3 is 5.97 Å². The zero-order valence-corrected chi connectivity index (χ0v) is 14.8. The lowest BCUT2D eigenvalue weighted by Gasteiger charge is -2.16. The molecule has 0 aliphatic carbocycles. The van der Waals surface area contributed by atoms with E-state index < -0.39 is 11.6 Å². The molecule has 0 aliphatic rings. The number of carbonyl (C=O) groups excluding carboxylic acids is 1. The molecule has 0 saturated heterocycles. The second-order valence-electron chi connectivity index (χ2n) is 6.60. The highest BCUT2D eigenvalue weighted by Gasteiger charge is 2.21. The first-order chi connectivity index (χ1) is 12.4. The number of hydrogen-bond donors (Lipinski definition) is 0. The normalized spacial score (nSPS) is 11.2. The van der Waals surface area contributed by atoms with Crippen molar-refractivity contribution < 1.29 is 14.6 Å². The molecule has 0 fully saturated rings. The van der Waals surface area contributed by atoms with Crippen molar-refractivity contribution in [3.8, 4) is 22.8 Å². The molecular weight excluding hydrogens is 330 g/mol. The number of carbonyl (C=O) groups is 1. The smallest absolute Gasteiger partial charge is 0.289 e. The average molecular weight is 349 g/mol. The van der Waals surface area contributed by atoms with E-state index in [1.165, 1.54) is 0 Å². The third-order valence-electron chi connectivity index (χ3n) is 3.25. The molecule has 0 saturated carbocycles. The van der Waals surface area contributed by atoms with E-state index in [9.17, 15) is 4.79 Å². The molecule has 132 valence electrons. The maximum atomic E-state index is 12.4. The van der Waals surface area contributed by atoms with Crippen molar-refractivity contribution in [2.75, 3.05) is 0 Å². The van der Waals surface area contributed by atoms with Crippen LogP contribution in [0.4, 0.5) is 0 Å². The number of rotatable bonds is 4. The van der Waals surface area contributed by atoms with Crippen LogP contribution < -0.4 is 0 Å². The van der Waals surface area contributed by atoms with Crippen molar-refractivity contribution in [3.05, 3.63) is 66.5 Å². The predicted molar refractivity (Wildman–Crippen MR) is 97.0 cm³/mol. The average Bonchev–Trinajstić information content (AvgIpc) is 2.66. The molecule has 6 heteroatoms. The van der Waals surface area contributed by atoms with Crippen molar-refractivity contribution in [3.63, 3.8) is 0 Å². The van der Waals surface area contributed by atoms with Crippen LogP contribution in [0.1, 0.15) is 31.4 Å². The van der Waals surface area contributed by atoms with Crippen LogP contribution in [0.5, 0.6) is 0 Å². The summed E-state index contributed by atoms with van der Waals surface area (Å²) >= 11 is 0. The Balaban J connectivity index is 2.02. The summed E-state index contributed by atoms with van der Waals surface area (Å²) in [5.41, 5.74) is 0.920. The fourth-order valence-corrected chi connectivity index (χ4v) is 2.10. The largest absolute Gasteiger partial charge is 0.410 e. The summed E-state index contributed by atoms with van der Waals surface area (Å²) in [5, 5.41) is 0. The zero-order valence-electron chi connectivity index (χ0n) is 14.8. The highest BCUT2D eigenvalue weighted by Crippen LogP contribution is 2.20. The highest BCUT2D eigenvalue weighted by atomic mass is 17.2. The van der Waals surface area contributed by atoms with Gasteiger partial charge in [-0.15, -0.1) is 0 Å². The van der Waals surface area contributed by atoms with Crippen molar-refractivity contribution in [2.45, 2.75) is 26.4 Å². The van der Waals surface area contributed by atoms with Gasteiger partial charge in [0.1, 0.15) is 5.60 Å². The Morgan fingerprint density at radius 2 is 1.23 bits per heavy atom. The van der Waals surface area contributed by atoms with Gasteiger partial charge in [0.25, 0.3) is 0 Å². The van der Waals surface area contributed by atoms with Gasteiger partial charge in [-0.1, -0.05) is 60.7 Å². The maximum absolute atomic E-state index is 12.4. The Hall–Kier alpha value is -3.12. The van der Waals surface area contributed by atoms with Gasteiger partial charge in [0.05, 0.1) is 0 Å². The molecule has 2 aromatic carbocycles. The van der Waals surface area contributed by atoms with Gasteiger partial charge in [0.15, 0.2) is 11.6 Å². The van der Waals surface area contributed by atoms with E-state index >= 15 is 0 Å². The van der Waals surface area contributed by atoms with Crippen LogP contribution in [-0.2, 0) is 9.78 Å². The van der Waals surface area contributed by atoms with Crippen LogP contribution in [0.15, 0.2) is 60.7 Å². The molecule has 3 aromatic rings. The van der Waals surface area contributed by atoms with Crippen molar-refractivity contribution >= 4 is 5.97 Å². The topological polar surface area (TPSA) is 74.2 Å². The van der Waals surface area contributed by atoms with Crippen LogP contribution in [0.3, 0.4) is 0 Å². The van der Waals surface area contributed by atoms with E-state index in [4.69, 9.17) is 9.78 Å². The molecule has 0 spiro atoms. The van der Waals surface area contributed by atoms with E-state index in [0.29, 0.717) is 11.6 Å². The molecule has 0 aliphatic heterocycles. The Morgan fingerprint density at radius 1 is 0.769 bits per heavy atom. The van der Waals surface area contributed by atoms with E-state index in [0.717, 1.165) is 11.1 Å². The van der Waals surface area contributed by atoms with Crippen molar-refractivity contribution in [2.24, 2.45) is 0 Å². The number of benzene rings is 2. The molecule has 0 radical (unpaired) electrons. The fraction of sp³-hybridized carbons (Fsp3) is 0.200. The Morgan fingerprint density at radius 3 is 1.65 bits per heavy atom. The van der Waals surface area contributed by atoms with E-state index in [1.54, 1.807) is 20.8 Å². The third kappa shape index (κ3) is 4.49. The summed E-state index contributed by atoms with van der Waals surface area (Å²) in [6.45, 7) is 5.33. The summed E-state index contributed by atoms with van der Waals surface area (Å²) < 4.78 is 0. The van der Waals surface area contributed by atoms with Crippen LogP contribution in [0.25, 0.3) is 22.8 Å². The monoisotopic (exact) mass is 349 g/mol. The summed E-state index contributed by atoms with van der Waals surface area (Å²) in [6, 6.07) is 18.8. The van der Waals surface area contributed by atoms with Gasteiger partial charge in [-0.25, -0.2) is 19.7 Å². The standard InChI is InChI=1S/C20H19N3O3/c1-20(2,3)26-25-19(24)18-22-16(14-10-6-4-7-11-14)21-17(23-18)15-12-8-5-9-13-15/h4-13H,1-3H3. The maximum Gasteiger partial charge on any atom is 0.410 e. The van der Waals surface area contributed by atoms with E-state index in [-0.39, 0.29) is 5.82 Å². The lowest BCUT2D eigenvalue weighted by Crippen LogP contribution is -2.23. The summed E-state index contributed by atoms with van der Waals surface area (Å²) in [6.07, 6.45) is 0. The molecular formula is C20H19N3O3. The minimum atomic E-state index is -0.767. The quantitative estimate of drug-likeness (QED) is 0.522. The SMILES string of the molecule is CC(C)(C)OOC(=O)c1nc(-c2ccccc2)nc(-c2ccccc2)n1. The minimum Gasteiger partial charge on any atom is -0.289 e. The van der Waals surface area contributed by atoms with Crippen LogP contribution in [0.2, 0.25) is 0 Å². The summed E-state index contributed by atoms with van der Waals surface area (Å²) in [4.78, 5) is 35.3. The molecule has 0 amide bonds. The lowest BCUT2D eigenvalue weighted by atomic mass is 10.2. The second kappa shape index (κ2) is 7.41. The molecule has 6 nitrogen and oxygen atoms in total. The minimum absolute atomic E-state index is 0.109. The summed E-state index contributed by atoms with van der Waals surface area (Å²) in [7, 11) is 0. The number of hydrogen-bond acceptors (Lipinski definition) is 6. The zero-order chi connectivity index (χ0) is 18.6. The first-order valence-electron chi connectivity index (χ1n) is 8.19. The van der Waals surface area contributed by atoms with Gasteiger partial charge in [0, 0.05) is 11.1 Å². The van der Waals surface area contributed by atoms with Gasteiger partial charge in [-0.2, -0.15) is 4.89 Å². The predicted octanol–water partition coefficient (Wildman–Crippen LogP) is 4.09. The Bertz CT molecular complexity index is 833. The molecule has 1 heterocycles. The number of nitrogens with zero attached hydrogens (tertiary/aromatic N) is 3. The molecule has 0 atom stereocenters. The molecule has 1 aromatic heterocycles. The first kappa shape index (κ1) is 17.7. The van der Waals surface area contributed by atoms with E-state index in [1.807, 2.05) is 60.7 Å². The van der Waals surface area contributed by atoms with Gasteiger partial charge in [0.2, 0.25) is 5.82 Å².